The van der Waals surface area contributed by atoms with Crippen LogP contribution < -0.4 is 16.1 Å². The Morgan fingerprint density at radius 1 is 1.10 bits per heavy atom. The van der Waals surface area contributed by atoms with Crippen LogP contribution in [0.2, 0.25) is 0 Å². The van der Waals surface area contributed by atoms with E-state index in [-0.39, 0.29) is 24.1 Å². The Morgan fingerprint density at radius 2 is 1.79 bits per heavy atom. The van der Waals surface area contributed by atoms with Crippen molar-refractivity contribution in [2.75, 3.05) is 5.32 Å². The van der Waals surface area contributed by atoms with Gasteiger partial charge in [0, 0.05) is 29.2 Å². The maximum absolute atomic E-state index is 14.9. The Hall–Kier alpha value is -2.57. The summed E-state index contributed by atoms with van der Waals surface area (Å²) in [6.07, 6.45) is 10.4. The number of benzene rings is 1. The average molecular weight is 401 g/mol. The van der Waals surface area contributed by atoms with Crippen LogP contribution in [0.25, 0.3) is 10.9 Å². The van der Waals surface area contributed by atoms with Crippen LogP contribution in [0.15, 0.2) is 23.1 Å². The number of anilines is 1. The van der Waals surface area contributed by atoms with Gasteiger partial charge in [-0.1, -0.05) is 32.1 Å². The molecule has 2 aliphatic carbocycles. The molecule has 0 radical (unpaired) electrons. The van der Waals surface area contributed by atoms with Crippen molar-refractivity contribution in [3.63, 3.8) is 0 Å². The molecule has 29 heavy (non-hydrogen) atoms. The molecule has 0 unspecified atom stereocenters. The Kier molecular flexibility index (Phi) is 5.74. The molecule has 2 saturated carbocycles. The second-order valence-corrected chi connectivity index (χ2v) is 8.32. The number of aromatic nitrogens is 1. The summed E-state index contributed by atoms with van der Waals surface area (Å²) in [5, 5.41) is 14.8. The number of fused-ring (bicyclic) bond motifs is 1. The number of carboxylic acid groups (broad SMARTS) is 1. The molecule has 0 spiro atoms. The summed E-state index contributed by atoms with van der Waals surface area (Å²) in [5.74, 6) is -0.429. The number of carbonyl (C=O) groups is 1. The third-order valence-electron chi connectivity index (χ3n) is 6.31. The largest absolute Gasteiger partial charge is 0.465 e. The van der Waals surface area contributed by atoms with E-state index < -0.39 is 11.9 Å². The fourth-order valence-corrected chi connectivity index (χ4v) is 4.79. The molecule has 3 N–H and O–H groups in total. The van der Waals surface area contributed by atoms with Crippen LogP contribution >= 0.6 is 0 Å². The molecule has 2 aromatic rings. The summed E-state index contributed by atoms with van der Waals surface area (Å²) in [4.78, 5) is 23.8. The SMILES string of the molecule is O=C(O)NCc1cn(C2CCCC2)c2cc(NC3CCCCC3)c(F)cc2c1=O. The van der Waals surface area contributed by atoms with Crippen molar-refractivity contribution in [2.45, 2.75) is 76.4 Å². The van der Waals surface area contributed by atoms with Gasteiger partial charge in [-0.25, -0.2) is 9.18 Å². The van der Waals surface area contributed by atoms with E-state index in [1.54, 1.807) is 12.3 Å². The lowest BCUT2D eigenvalue weighted by Gasteiger charge is -2.25. The number of pyridine rings is 1. The van der Waals surface area contributed by atoms with Crippen molar-refractivity contribution in [2.24, 2.45) is 0 Å². The third kappa shape index (κ3) is 4.23. The molecule has 1 heterocycles. The monoisotopic (exact) mass is 401 g/mol. The summed E-state index contributed by atoms with van der Waals surface area (Å²) >= 11 is 0. The molecule has 0 atom stereocenters. The van der Waals surface area contributed by atoms with Gasteiger partial charge in [0.05, 0.1) is 17.7 Å². The zero-order valence-electron chi connectivity index (χ0n) is 16.5. The highest BCUT2D eigenvalue weighted by Crippen LogP contribution is 2.33. The van der Waals surface area contributed by atoms with Crippen LogP contribution in [0.4, 0.5) is 14.9 Å². The molecule has 2 fully saturated rings. The highest BCUT2D eigenvalue weighted by molar-refractivity contribution is 5.84. The minimum Gasteiger partial charge on any atom is -0.465 e. The molecule has 7 heteroatoms. The van der Waals surface area contributed by atoms with Gasteiger partial charge in [-0.05, 0) is 37.8 Å². The highest BCUT2D eigenvalue weighted by atomic mass is 19.1. The van der Waals surface area contributed by atoms with E-state index in [2.05, 4.69) is 15.2 Å². The first-order chi connectivity index (χ1) is 14.0. The summed E-state index contributed by atoms with van der Waals surface area (Å²) in [7, 11) is 0. The van der Waals surface area contributed by atoms with Gasteiger partial charge in [0.2, 0.25) is 0 Å². The zero-order chi connectivity index (χ0) is 20.4. The number of hydrogen-bond donors (Lipinski definition) is 3. The predicted octanol–water partition coefficient (Wildman–Crippen LogP) is 4.77. The Morgan fingerprint density at radius 3 is 2.48 bits per heavy atom. The van der Waals surface area contributed by atoms with E-state index in [1.807, 2.05) is 0 Å². The minimum absolute atomic E-state index is 0.0828. The van der Waals surface area contributed by atoms with Crippen LogP contribution in [0.5, 0.6) is 0 Å². The first kappa shape index (κ1) is 19.7. The summed E-state index contributed by atoms with van der Waals surface area (Å²) < 4.78 is 17.0. The van der Waals surface area contributed by atoms with Crippen molar-refractivity contribution < 1.29 is 14.3 Å². The van der Waals surface area contributed by atoms with Gasteiger partial charge < -0.3 is 20.3 Å². The van der Waals surface area contributed by atoms with Crippen molar-refractivity contribution in [1.29, 1.82) is 0 Å². The van der Waals surface area contributed by atoms with Crippen LogP contribution in [-0.2, 0) is 6.54 Å². The Balaban J connectivity index is 1.78. The fourth-order valence-electron chi connectivity index (χ4n) is 4.79. The normalized spacial score (nSPS) is 18.2. The maximum Gasteiger partial charge on any atom is 0.404 e. The minimum atomic E-state index is -1.19. The van der Waals surface area contributed by atoms with Gasteiger partial charge in [-0.2, -0.15) is 0 Å². The molecule has 1 amide bonds. The standard InChI is InChI=1S/C22H28FN3O3/c23-18-10-17-20(11-19(18)25-15-6-2-1-3-7-15)26(16-8-4-5-9-16)13-14(21(17)27)12-24-22(28)29/h10-11,13,15-16,24-25H,1-9,12H2,(H,28,29). The number of rotatable bonds is 5. The van der Waals surface area contributed by atoms with Gasteiger partial charge in [0.25, 0.3) is 0 Å². The average Bonchev–Trinajstić information content (AvgIpc) is 3.24. The van der Waals surface area contributed by atoms with E-state index in [4.69, 9.17) is 5.11 Å². The Labute approximate surface area is 169 Å². The number of nitrogens with one attached hydrogen (secondary N) is 2. The molecule has 2 aliphatic rings. The molecular weight excluding hydrogens is 373 g/mol. The van der Waals surface area contributed by atoms with Crippen LogP contribution in [-0.4, -0.2) is 21.8 Å². The van der Waals surface area contributed by atoms with Crippen LogP contribution in [0.1, 0.15) is 69.4 Å². The predicted molar refractivity (Wildman–Crippen MR) is 111 cm³/mol. The fraction of sp³-hybridized carbons (Fsp3) is 0.545. The van der Waals surface area contributed by atoms with Gasteiger partial charge in [-0.15, -0.1) is 0 Å². The second-order valence-electron chi connectivity index (χ2n) is 8.32. The quantitative estimate of drug-likeness (QED) is 0.674. The van der Waals surface area contributed by atoms with E-state index in [0.717, 1.165) is 56.9 Å². The molecule has 1 aromatic carbocycles. The van der Waals surface area contributed by atoms with Crippen LogP contribution in [0, 0.1) is 5.82 Å². The summed E-state index contributed by atoms with van der Waals surface area (Å²) in [6.45, 7) is -0.0828. The maximum atomic E-state index is 14.9. The number of halogens is 1. The number of amides is 1. The third-order valence-corrected chi connectivity index (χ3v) is 6.31. The molecular formula is C22H28FN3O3. The lowest BCUT2D eigenvalue weighted by Crippen LogP contribution is -2.26. The van der Waals surface area contributed by atoms with Crippen LogP contribution in [0.3, 0.4) is 0 Å². The van der Waals surface area contributed by atoms with Gasteiger partial charge >= 0.3 is 6.09 Å². The first-order valence-electron chi connectivity index (χ1n) is 10.6. The molecule has 1 aromatic heterocycles. The summed E-state index contributed by atoms with van der Waals surface area (Å²) in [6, 6.07) is 3.60. The van der Waals surface area contributed by atoms with E-state index in [0.29, 0.717) is 16.6 Å². The Bertz CT molecular complexity index is 960. The topological polar surface area (TPSA) is 83.4 Å². The van der Waals surface area contributed by atoms with E-state index >= 15 is 0 Å². The molecule has 6 nitrogen and oxygen atoms in total. The van der Waals surface area contributed by atoms with Crippen molar-refractivity contribution >= 4 is 22.7 Å². The van der Waals surface area contributed by atoms with Crippen molar-refractivity contribution in [3.05, 3.63) is 39.9 Å². The van der Waals surface area contributed by atoms with E-state index in [9.17, 15) is 14.0 Å². The van der Waals surface area contributed by atoms with Gasteiger partial charge in [0.15, 0.2) is 5.43 Å². The smallest absolute Gasteiger partial charge is 0.404 e. The lowest BCUT2D eigenvalue weighted by atomic mass is 9.95. The number of nitrogens with zero attached hydrogens (tertiary/aromatic N) is 1. The van der Waals surface area contributed by atoms with Crippen molar-refractivity contribution in [3.8, 4) is 0 Å². The lowest BCUT2D eigenvalue weighted by molar-refractivity contribution is 0.194. The van der Waals surface area contributed by atoms with Crippen molar-refractivity contribution in [1.82, 2.24) is 9.88 Å². The molecule has 0 saturated heterocycles. The molecule has 0 bridgehead atoms. The molecule has 4 rings (SSSR count). The van der Waals surface area contributed by atoms with Gasteiger partial charge in [-0.3, -0.25) is 4.79 Å². The second kappa shape index (κ2) is 8.43. The number of hydrogen-bond acceptors (Lipinski definition) is 3. The van der Waals surface area contributed by atoms with E-state index in [1.165, 1.54) is 12.5 Å². The molecule has 156 valence electrons. The summed E-state index contributed by atoms with van der Waals surface area (Å²) in [5.41, 5.74) is 1.21. The first-order valence-corrected chi connectivity index (χ1v) is 10.6. The zero-order valence-corrected chi connectivity index (χ0v) is 16.5. The highest BCUT2D eigenvalue weighted by Gasteiger charge is 2.22. The van der Waals surface area contributed by atoms with Gasteiger partial charge in [0.1, 0.15) is 5.82 Å². The molecule has 0 aliphatic heterocycles.